The highest BCUT2D eigenvalue weighted by molar-refractivity contribution is 5.95. The average Bonchev–Trinajstić information content (AvgIpc) is 2.56. The molecule has 23 heavy (non-hydrogen) atoms. The van der Waals surface area contributed by atoms with Crippen molar-refractivity contribution in [2.75, 3.05) is 34.4 Å². The van der Waals surface area contributed by atoms with Crippen molar-refractivity contribution < 1.29 is 23.8 Å². The van der Waals surface area contributed by atoms with E-state index in [0.29, 0.717) is 30.2 Å². The van der Waals surface area contributed by atoms with Crippen LogP contribution in [0.15, 0.2) is 18.2 Å². The Morgan fingerprint density at radius 3 is 2.26 bits per heavy atom. The molecule has 0 aliphatic heterocycles. The Kier molecular flexibility index (Phi) is 7.38. The fourth-order valence-electron chi connectivity index (χ4n) is 2.20. The van der Waals surface area contributed by atoms with Crippen LogP contribution in [-0.2, 0) is 9.53 Å². The third kappa shape index (κ3) is 5.47. The third-order valence-corrected chi connectivity index (χ3v) is 3.32. The molecule has 0 aliphatic carbocycles. The number of nitrogens with zero attached hydrogens (tertiary/aromatic N) is 1. The maximum Gasteiger partial charge on any atom is 0.307 e. The van der Waals surface area contributed by atoms with E-state index in [1.807, 2.05) is 13.8 Å². The summed E-state index contributed by atoms with van der Waals surface area (Å²) in [6.07, 6.45) is 0.169. The minimum absolute atomic E-state index is 0.149. The third-order valence-electron chi connectivity index (χ3n) is 3.32. The molecular weight excluding hydrogens is 298 g/mol. The maximum absolute atomic E-state index is 12.7. The van der Waals surface area contributed by atoms with Gasteiger partial charge in [0.25, 0.3) is 5.91 Å². The first kappa shape index (κ1) is 18.8. The van der Waals surface area contributed by atoms with E-state index in [1.165, 1.54) is 14.2 Å². The molecule has 0 aromatic heterocycles. The van der Waals surface area contributed by atoms with Crippen LogP contribution >= 0.6 is 0 Å². The van der Waals surface area contributed by atoms with Crippen molar-refractivity contribution in [2.24, 2.45) is 5.92 Å². The van der Waals surface area contributed by atoms with Crippen LogP contribution in [0.1, 0.15) is 30.6 Å². The van der Waals surface area contributed by atoms with Crippen molar-refractivity contribution in [1.29, 1.82) is 0 Å². The van der Waals surface area contributed by atoms with Crippen molar-refractivity contribution in [2.45, 2.75) is 20.3 Å². The van der Waals surface area contributed by atoms with Gasteiger partial charge in [0.15, 0.2) is 11.5 Å². The standard InChI is InChI=1S/C17H25NO5/c1-12(2)11-18(9-8-16(19)23-5)17(20)13-6-7-14(21-3)15(10-13)22-4/h6-7,10,12H,8-9,11H2,1-5H3. The molecule has 1 aromatic rings. The smallest absolute Gasteiger partial charge is 0.307 e. The molecule has 1 rings (SSSR count). The van der Waals surface area contributed by atoms with Gasteiger partial charge in [0.1, 0.15) is 0 Å². The molecule has 128 valence electrons. The van der Waals surface area contributed by atoms with Gasteiger partial charge in [0.05, 0.1) is 27.8 Å². The first-order chi connectivity index (χ1) is 10.9. The van der Waals surface area contributed by atoms with E-state index in [0.717, 1.165) is 0 Å². The van der Waals surface area contributed by atoms with E-state index in [2.05, 4.69) is 4.74 Å². The molecule has 6 nitrogen and oxygen atoms in total. The van der Waals surface area contributed by atoms with E-state index in [1.54, 1.807) is 30.2 Å². The summed E-state index contributed by atoms with van der Waals surface area (Å²) in [4.78, 5) is 25.7. The van der Waals surface area contributed by atoms with Crippen LogP contribution < -0.4 is 9.47 Å². The first-order valence-corrected chi connectivity index (χ1v) is 7.51. The van der Waals surface area contributed by atoms with Gasteiger partial charge in [-0.05, 0) is 24.1 Å². The number of benzene rings is 1. The maximum atomic E-state index is 12.7. The van der Waals surface area contributed by atoms with Crippen LogP contribution in [0.3, 0.4) is 0 Å². The summed E-state index contributed by atoms with van der Waals surface area (Å²) in [5.74, 6) is 0.865. The van der Waals surface area contributed by atoms with E-state index in [-0.39, 0.29) is 24.2 Å². The normalized spacial score (nSPS) is 10.3. The molecule has 0 spiro atoms. The number of carbonyl (C=O) groups is 2. The minimum atomic E-state index is -0.334. The quantitative estimate of drug-likeness (QED) is 0.687. The highest BCUT2D eigenvalue weighted by atomic mass is 16.5. The lowest BCUT2D eigenvalue weighted by atomic mass is 10.1. The second kappa shape index (κ2) is 9.02. The van der Waals surface area contributed by atoms with Crippen LogP contribution in [0.2, 0.25) is 0 Å². The first-order valence-electron chi connectivity index (χ1n) is 7.51. The minimum Gasteiger partial charge on any atom is -0.493 e. The van der Waals surface area contributed by atoms with Crippen molar-refractivity contribution in [1.82, 2.24) is 4.90 Å². The molecule has 6 heteroatoms. The van der Waals surface area contributed by atoms with Gasteiger partial charge in [0.2, 0.25) is 0 Å². The van der Waals surface area contributed by atoms with Crippen molar-refractivity contribution >= 4 is 11.9 Å². The number of amides is 1. The monoisotopic (exact) mass is 323 g/mol. The molecule has 1 aromatic carbocycles. The summed E-state index contributed by atoms with van der Waals surface area (Å²) < 4.78 is 15.1. The number of hydrogen-bond acceptors (Lipinski definition) is 5. The Balaban J connectivity index is 2.96. The molecular formula is C17H25NO5. The fourth-order valence-corrected chi connectivity index (χ4v) is 2.20. The van der Waals surface area contributed by atoms with Gasteiger partial charge < -0.3 is 19.1 Å². The van der Waals surface area contributed by atoms with Crippen molar-refractivity contribution in [3.8, 4) is 11.5 Å². The summed E-state index contributed by atoms with van der Waals surface area (Å²) in [5.41, 5.74) is 0.494. The Hall–Kier alpha value is -2.24. The van der Waals surface area contributed by atoms with Gasteiger partial charge in [0, 0.05) is 18.7 Å². The predicted molar refractivity (Wildman–Crippen MR) is 86.9 cm³/mol. The lowest BCUT2D eigenvalue weighted by Gasteiger charge is -2.24. The zero-order valence-corrected chi connectivity index (χ0v) is 14.4. The molecule has 0 bridgehead atoms. The SMILES string of the molecule is COC(=O)CCN(CC(C)C)C(=O)c1ccc(OC)c(OC)c1. The zero-order chi connectivity index (χ0) is 17.4. The van der Waals surface area contributed by atoms with E-state index in [9.17, 15) is 9.59 Å². The highest BCUT2D eigenvalue weighted by Gasteiger charge is 2.19. The fraction of sp³-hybridized carbons (Fsp3) is 0.529. The summed E-state index contributed by atoms with van der Waals surface area (Å²) in [6, 6.07) is 5.03. The van der Waals surface area contributed by atoms with Crippen LogP contribution in [-0.4, -0.2) is 51.2 Å². The summed E-state index contributed by atoms with van der Waals surface area (Å²) in [5, 5.41) is 0. The van der Waals surface area contributed by atoms with Gasteiger partial charge in [-0.2, -0.15) is 0 Å². The number of carbonyl (C=O) groups excluding carboxylic acids is 2. The molecule has 0 unspecified atom stereocenters. The zero-order valence-electron chi connectivity index (χ0n) is 14.4. The Morgan fingerprint density at radius 1 is 1.09 bits per heavy atom. The molecule has 1 amide bonds. The number of rotatable bonds is 8. The van der Waals surface area contributed by atoms with E-state index >= 15 is 0 Å². The number of esters is 1. The lowest BCUT2D eigenvalue weighted by molar-refractivity contribution is -0.140. The van der Waals surface area contributed by atoms with Crippen LogP contribution in [0, 0.1) is 5.92 Å². The summed E-state index contributed by atoms with van der Waals surface area (Å²) >= 11 is 0. The van der Waals surface area contributed by atoms with Crippen molar-refractivity contribution in [3.05, 3.63) is 23.8 Å². The summed E-state index contributed by atoms with van der Waals surface area (Å²) in [6.45, 7) is 4.92. The van der Waals surface area contributed by atoms with Crippen LogP contribution in [0.25, 0.3) is 0 Å². The van der Waals surface area contributed by atoms with Crippen molar-refractivity contribution in [3.63, 3.8) is 0 Å². The summed E-state index contributed by atoms with van der Waals surface area (Å²) in [7, 11) is 4.40. The Morgan fingerprint density at radius 2 is 1.74 bits per heavy atom. The molecule has 0 N–H and O–H groups in total. The number of ether oxygens (including phenoxy) is 3. The highest BCUT2D eigenvalue weighted by Crippen LogP contribution is 2.28. The molecule has 0 saturated heterocycles. The second-order valence-corrected chi connectivity index (χ2v) is 5.54. The van der Waals surface area contributed by atoms with Crippen LogP contribution in [0.5, 0.6) is 11.5 Å². The van der Waals surface area contributed by atoms with Gasteiger partial charge in [-0.3, -0.25) is 9.59 Å². The number of hydrogen-bond donors (Lipinski definition) is 0. The predicted octanol–water partition coefficient (Wildman–Crippen LogP) is 2.37. The number of methoxy groups -OCH3 is 3. The molecule has 0 heterocycles. The van der Waals surface area contributed by atoms with E-state index in [4.69, 9.17) is 9.47 Å². The molecule has 0 saturated carbocycles. The van der Waals surface area contributed by atoms with Crippen LogP contribution in [0.4, 0.5) is 0 Å². The molecule has 0 atom stereocenters. The largest absolute Gasteiger partial charge is 0.493 e. The van der Waals surface area contributed by atoms with Gasteiger partial charge in [-0.25, -0.2) is 0 Å². The van der Waals surface area contributed by atoms with E-state index < -0.39 is 0 Å². The van der Waals surface area contributed by atoms with Gasteiger partial charge >= 0.3 is 5.97 Å². The van der Waals surface area contributed by atoms with Gasteiger partial charge in [-0.15, -0.1) is 0 Å². The molecule has 0 aliphatic rings. The lowest BCUT2D eigenvalue weighted by Crippen LogP contribution is -2.36. The average molecular weight is 323 g/mol. The topological polar surface area (TPSA) is 65.1 Å². The Bertz CT molecular complexity index is 542. The molecule has 0 fully saturated rings. The second-order valence-electron chi connectivity index (χ2n) is 5.54. The van der Waals surface area contributed by atoms with Gasteiger partial charge in [-0.1, -0.05) is 13.8 Å². The molecule has 0 radical (unpaired) electrons. The Labute approximate surface area is 137 Å².